The standard InChI is InChI=1S/C12H14N4O2S2/c1-4-7-8(5-2)14-15-10(9(7)11(17)18)19-12-13-6(3)16-20-12/h4-5H2,1-3H3,(H,17,18). The smallest absolute Gasteiger partial charge is 0.338 e. The van der Waals surface area contributed by atoms with Crippen LogP contribution in [0.15, 0.2) is 9.37 Å². The van der Waals surface area contributed by atoms with Crippen LogP contribution in [0.5, 0.6) is 0 Å². The quantitative estimate of drug-likeness (QED) is 0.908. The highest BCUT2D eigenvalue weighted by atomic mass is 32.2. The first-order chi connectivity index (χ1) is 9.56. The summed E-state index contributed by atoms with van der Waals surface area (Å²) in [5, 5.41) is 18.0. The third-order valence-electron chi connectivity index (χ3n) is 2.72. The molecule has 0 aliphatic heterocycles. The summed E-state index contributed by atoms with van der Waals surface area (Å²) in [6, 6.07) is 0. The van der Waals surface area contributed by atoms with Crippen LogP contribution in [0.2, 0.25) is 0 Å². The van der Waals surface area contributed by atoms with E-state index < -0.39 is 5.97 Å². The van der Waals surface area contributed by atoms with Crippen LogP contribution in [-0.4, -0.2) is 30.6 Å². The number of nitrogens with zero attached hydrogens (tertiary/aromatic N) is 4. The second kappa shape index (κ2) is 6.27. The molecule has 0 spiro atoms. The van der Waals surface area contributed by atoms with Crippen LogP contribution in [0.1, 0.15) is 41.3 Å². The Bertz CT molecular complexity index is 642. The number of aromatic nitrogens is 4. The zero-order chi connectivity index (χ0) is 14.7. The van der Waals surface area contributed by atoms with Gasteiger partial charge in [-0.05, 0) is 48.6 Å². The number of carboxylic acids is 1. The number of hydrogen-bond donors (Lipinski definition) is 1. The summed E-state index contributed by atoms with van der Waals surface area (Å²) in [6.45, 7) is 5.66. The van der Waals surface area contributed by atoms with Crippen LogP contribution in [0.25, 0.3) is 0 Å². The molecule has 6 nitrogen and oxygen atoms in total. The van der Waals surface area contributed by atoms with Crippen molar-refractivity contribution in [3.8, 4) is 0 Å². The van der Waals surface area contributed by atoms with Crippen molar-refractivity contribution in [2.24, 2.45) is 0 Å². The van der Waals surface area contributed by atoms with Crippen LogP contribution >= 0.6 is 23.3 Å². The molecule has 0 fully saturated rings. The third kappa shape index (κ3) is 2.96. The minimum atomic E-state index is -0.977. The third-order valence-corrected chi connectivity index (χ3v) is 4.54. The average Bonchev–Trinajstić information content (AvgIpc) is 2.83. The van der Waals surface area contributed by atoms with E-state index in [0.717, 1.165) is 11.3 Å². The minimum Gasteiger partial charge on any atom is -0.478 e. The van der Waals surface area contributed by atoms with Gasteiger partial charge in [-0.1, -0.05) is 13.8 Å². The van der Waals surface area contributed by atoms with Crippen LogP contribution in [0, 0.1) is 6.92 Å². The number of hydrogen-bond acceptors (Lipinski definition) is 7. The minimum absolute atomic E-state index is 0.234. The van der Waals surface area contributed by atoms with Crippen LogP contribution in [0.4, 0.5) is 0 Å². The molecule has 2 rings (SSSR count). The fourth-order valence-corrected chi connectivity index (χ4v) is 3.51. The molecule has 8 heteroatoms. The summed E-state index contributed by atoms with van der Waals surface area (Å²) in [7, 11) is 0. The maximum absolute atomic E-state index is 11.6. The Balaban J connectivity index is 2.49. The zero-order valence-corrected chi connectivity index (χ0v) is 13.0. The molecule has 0 aliphatic rings. The average molecular weight is 310 g/mol. The van der Waals surface area contributed by atoms with Gasteiger partial charge in [-0.3, -0.25) is 0 Å². The highest BCUT2D eigenvalue weighted by Gasteiger charge is 2.21. The first kappa shape index (κ1) is 14.9. The lowest BCUT2D eigenvalue weighted by Gasteiger charge is -2.10. The van der Waals surface area contributed by atoms with E-state index in [2.05, 4.69) is 19.6 Å². The number of aromatic carboxylic acids is 1. The molecule has 0 aromatic carbocycles. The summed E-state index contributed by atoms with van der Waals surface area (Å²) in [5.74, 6) is -0.307. The Kier molecular flexibility index (Phi) is 4.66. The molecular weight excluding hydrogens is 296 g/mol. The van der Waals surface area contributed by atoms with E-state index in [1.807, 2.05) is 13.8 Å². The van der Waals surface area contributed by atoms with E-state index in [1.165, 1.54) is 23.3 Å². The molecule has 0 saturated heterocycles. The number of carbonyl (C=O) groups is 1. The summed E-state index contributed by atoms with van der Waals surface area (Å²) in [6.07, 6.45) is 1.28. The van der Waals surface area contributed by atoms with Crippen molar-refractivity contribution in [1.29, 1.82) is 0 Å². The fourth-order valence-electron chi connectivity index (χ4n) is 1.85. The number of rotatable bonds is 5. The van der Waals surface area contributed by atoms with E-state index in [0.29, 0.717) is 28.0 Å². The molecule has 0 aliphatic carbocycles. The second-order valence-electron chi connectivity index (χ2n) is 4.03. The number of aryl methyl sites for hydroxylation is 2. The van der Waals surface area contributed by atoms with Gasteiger partial charge in [0, 0.05) is 0 Å². The second-order valence-corrected chi connectivity index (χ2v) is 6.02. The molecule has 0 atom stereocenters. The van der Waals surface area contributed by atoms with Crippen molar-refractivity contribution in [2.45, 2.75) is 43.0 Å². The Morgan fingerprint density at radius 1 is 1.30 bits per heavy atom. The van der Waals surface area contributed by atoms with Gasteiger partial charge in [0.1, 0.15) is 10.9 Å². The van der Waals surface area contributed by atoms with Crippen molar-refractivity contribution in [3.63, 3.8) is 0 Å². The van der Waals surface area contributed by atoms with Gasteiger partial charge < -0.3 is 5.11 Å². The van der Waals surface area contributed by atoms with Crippen molar-refractivity contribution >= 4 is 29.3 Å². The van der Waals surface area contributed by atoms with Gasteiger partial charge >= 0.3 is 5.97 Å². The van der Waals surface area contributed by atoms with Gasteiger partial charge in [0.05, 0.1) is 11.3 Å². The molecule has 0 unspecified atom stereocenters. The molecule has 0 saturated carbocycles. The zero-order valence-electron chi connectivity index (χ0n) is 11.4. The lowest BCUT2D eigenvalue weighted by molar-refractivity contribution is 0.0690. The number of carboxylic acid groups (broad SMARTS) is 1. The Morgan fingerprint density at radius 3 is 2.55 bits per heavy atom. The molecule has 20 heavy (non-hydrogen) atoms. The van der Waals surface area contributed by atoms with Gasteiger partial charge in [0.2, 0.25) is 0 Å². The van der Waals surface area contributed by atoms with E-state index in [9.17, 15) is 9.90 Å². The Morgan fingerprint density at radius 2 is 2.05 bits per heavy atom. The molecule has 2 aromatic heterocycles. The summed E-state index contributed by atoms with van der Waals surface area (Å²) < 4.78 is 4.75. The van der Waals surface area contributed by atoms with Gasteiger partial charge in [0.15, 0.2) is 4.34 Å². The molecule has 2 heterocycles. The van der Waals surface area contributed by atoms with E-state index in [4.69, 9.17) is 0 Å². The lowest BCUT2D eigenvalue weighted by atomic mass is 10.0. The Hall–Kier alpha value is -1.54. The molecule has 106 valence electrons. The molecule has 0 bridgehead atoms. The predicted octanol–water partition coefficient (Wildman–Crippen LogP) is 2.61. The maximum Gasteiger partial charge on any atom is 0.338 e. The van der Waals surface area contributed by atoms with Crippen molar-refractivity contribution in [2.75, 3.05) is 0 Å². The summed E-state index contributed by atoms with van der Waals surface area (Å²) in [4.78, 5) is 15.8. The lowest BCUT2D eigenvalue weighted by Crippen LogP contribution is -2.11. The van der Waals surface area contributed by atoms with Gasteiger partial charge in [-0.15, -0.1) is 5.10 Å². The summed E-state index contributed by atoms with van der Waals surface area (Å²) in [5.41, 5.74) is 1.72. The molecule has 2 aromatic rings. The highest BCUT2D eigenvalue weighted by molar-refractivity contribution is 8.01. The molecule has 0 amide bonds. The van der Waals surface area contributed by atoms with Gasteiger partial charge in [-0.2, -0.15) is 9.47 Å². The van der Waals surface area contributed by atoms with Crippen molar-refractivity contribution < 1.29 is 9.90 Å². The van der Waals surface area contributed by atoms with Crippen molar-refractivity contribution in [1.82, 2.24) is 19.6 Å². The maximum atomic E-state index is 11.6. The summed E-state index contributed by atoms with van der Waals surface area (Å²) >= 11 is 2.43. The van der Waals surface area contributed by atoms with Crippen LogP contribution < -0.4 is 0 Å². The normalized spacial score (nSPS) is 10.8. The van der Waals surface area contributed by atoms with Crippen molar-refractivity contribution in [3.05, 3.63) is 22.6 Å². The van der Waals surface area contributed by atoms with E-state index in [1.54, 1.807) is 6.92 Å². The monoisotopic (exact) mass is 310 g/mol. The first-order valence-electron chi connectivity index (χ1n) is 6.16. The fraction of sp³-hybridized carbons (Fsp3) is 0.417. The van der Waals surface area contributed by atoms with Crippen LogP contribution in [0.3, 0.4) is 0 Å². The first-order valence-corrected chi connectivity index (χ1v) is 7.75. The molecule has 1 N–H and O–H groups in total. The van der Waals surface area contributed by atoms with Crippen LogP contribution in [-0.2, 0) is 12.8 Å². The molecular formula is C12H14N4O2S2. The molecule has 0 radical (unpaired) electrons. The predicted molar refractivity (Wildman–Crippen MR) is 76.5 cm³/mol. The van der Waals surface area contributed by atoms with E-state index >= 15 is 0 Å². The Labute approximate surface area is 124 Å². The topological polar surface area (TPSA) is 88.9 Å². The largest absolute Gasteiger partial charge is 0.478 e. The SMILES string of the molecule is CCc1nnc(Sc2nc(C)ns2)c(C(=O)O)c1CC. The van der Waals surface area contributed by atoms with E-state index in [-0.39, 0.29) is 5.56 Å². The highest BCUT2D eigenvalue weighted by Crippen LogP contribution is 2.32. The van der Waals surface area contributed by atoms with Gasteiger partial charge in [0.25, 0.3) is 0 Å². The van der Waals surface area contributed by atoms with Gasteiger partial charge in [-0.25, -0.2) is 9.78 Å².